The van der Waals surface area contributed by atoms with Crippen LogP contribution in [0.4, 0.5) is 0 Å². The fourth-order valence-corrected chi connectivity index (χ4v) is 7.73. The number of benzene rings is 7. The van der Waals surface area contributed by atoms with Crippen LogP contribution in [0.25, 0.3) is 94.7 Å². The lowest BCUT2D eigenvalue weighted by Gasteiger charge is -2.15. The van der Waals surface area contributed by atoms with E-state index in [9.17, 15) is 0 Å². The number of hydrogen-bond donors (Lipinski definition) is 0. The second kappa shape index (κ2) is 13.3. The monoisotopic (exact) mass is 696 g/mol. The van der Waals surface area contributed by atoms with Gasteiger partial charge in [0.05, 0.1) is 16.7 Å². The molecule has 0 unspecified atom stereocenters. The number of aryl methyl sites for hydroxylation is 1. The zero-order valence-corrected chi connectivity index (χ0v) is 29.9. The Bertz CT molecular complexity index is 2920. The zero-order chi connectivity index (χ0) is 36.0. The van der Waals surface area contributed by atoms with Crippen LogP contribution >= 0.6 is 0 Å². The van der Waals surface area contributed by atoms with Crippen LogP contribution in [0.15, 0.2) is 168 Å². The highest BCUT2D eigenvalue weighted by atomic mass is 16.3. The molecule has 0 N–H and O–H groups in total. The Labute approximate surface area is 313 Å². The summed E-state index contributed by atoms with van der Waals surface area (Å²) in [6.45, 7) is 2.23. The first-order valence-electron chi connectivity index (χ1n) is 18.7. The molecule has 0 amide bonds. The van der Waals surface area contributed by atoms with E-state index in [0.29, 0.717) is 17.5 Å². The van der Waals surface area contributed by atoms with E-state index in [1.165, 1.54) is 29.2 Å². The lowest BCUT2D eigenvalue weighted by Crippen LogP contribution is -2.03. The Hall–Kier alpha value is -6.85. The molecule has 0 fully saturated rings. The van der Waals surface area contributed by atoms with Gasteiger partial charge >= 0.3 is 0 Å². The van der Waals surface area contributed by atoms with Crippen molar-refractivity contribution < 1.29 is 4.42 Å². The van der Waals surface area contributed by atoms with Crippen molar-refractivity contribution in [2.75, 3.05) is 0 Å². The Morgan fingerprint density at radius 1 is 0.463 bits per heavy atom. The van der Waals surface area contributed by atoms with Crippen LogP contribution in [0.3, 0.4) is 0 Å². The second-order valence-corrected chi connectivity index (χ2v) is 13.9. The molecule has 0 aliphatic carbocycles. The number of hydrogen-bond acceptors (Lipinski definition) is 4. The molecule has 54 heavy (non-hydrogen) atoms. The molecular formula is C49H36N4O. The molecule has 0 saturated carbocycles. The van der Waals surface area contributed by atoms with Gasteiger partial charge in [-0.25, -0.2) is 15.0 Å². The highest BCUT2D eigenvalue weighted by Crippen LogP contribution is 2.39. The molecular weight excluding hydrogens is 661 g/mol. The standard InChI is InChI=1S/C49H36N4O/c1-2-3-14-32-23-26-39-41-30-35(25-28-45(41)54-46(39)29-32)36-24-27-38-37-19-10-12-21-42(37)53(44(38)31-36)43-22-13-11-20-40(43)49-51-47(33-15-6-4-7-16-33)50-48(52-49)34-17-8-5-9-18-34/h4-13,15-31H,2-3,14H2,1H3. The third kappa shape index (κ3) is 5.53. The average Bonchev–Trinajstić information content (AvgIpc) is 3.77. The summed E-state index contributed by atoms with van der Waals surface area (Å²) in [6, 6.07) is 57.4. The molecule has 0 aliphatic rings. The molecule has 10 aromatic rings. The Morgan fingerprint density at radius 2 is 1.09 bits per heavy atom. The van der Waals surface area contributed by atoms with Gasteiger partial charge in [0.15, 0.2) is 17.5 Å². The first kappa shape index (κ1) is 31.9. The van der Waals surface area contributed by atoms with E-state index >= 15 is 0 Å². The number of rotatable bonds is 8. The van der Waals surface area contributed by atoms with Gasteiger partial charge in [-0.1, -0.05) is 135 Å². The maximum atomic E-state index is 6.36. The molecule has 5 heteroatoms. The van der Waals surface area contributed by atoms with Gasteiger partial charge < -0.3 is 8.98 Å². The van der Waals surface area contributed by atoms with Crippen molar-refractivity contribution in [2.24, 2.45) is 0 Å². The Kier molecular flexibility index (Phi) is 7.84. The number of aromatic nitrogens is 4. The van der Waals surface area contributed by atoms with E-state index < -0.39 is 0 Å². The van der Waals surface area contributed by atoms with Gasteiger partial charge in [0.2, 0.25) is 0 Å². The molecule has 3 heterocycles. The Balaban J connectivity index is 1.15. The number of nitrogens with zero attached hydrogens (tertiary/aromatic N) is 4. The average molecular weight is 697 g/mol. The molecule has 0 radical (unpaired) electrons. The zero-order valence-electron chi connectivity index (χ0n) is 29.9. The van der Waals surface area contributed by atoms with Crippen molar-refractivity contribution in [2.45, 2.75) is 26.2 Å². The largest absolute Gasteiger partial charge is 0.456 e. The Morgan fingerprint density at radius 3 is 1.87 bits per heavy atom. The van der Waals surface area contributed by atoms with E-state index in [4.69, 9.17) is 19.4 Å². The van der Waals surface area contributed by atoms with Gasteiger partial charge in [-0.05, 0) is 72.0 Å². The van der Waals surface area contributed by atoms with E-state index in [2.05, 4.69) is 115 Å². The van der Waals surface area contributed by atoms with Crippen LogP contribution in [0, 0.1) is 0 Å². The highest BCUT2D eigenvalue weighted by Gasteiger charge is 2.20. The summed E-state index contributed by atoms with van der Waals surface area (Å²) in [5.41, 5.74) is 11.5. The van der Waals surface area contributed by atoms with Crippen molar-refractivity contribution >= 4 is 43.7 Å². The lowest BCUT2D eigenvalue weighted by molar-refractivity contribution is 0.667. The van der Waals surface area contributed by atoms with Crippen molar-refractivity contribution in [3.05, 3.63) is 169 Å². The van der Waals surface area contributed by atoms with Crippen molar-refractivity contribution in [3.63, 3.8) is 0 Å². The maximum absolute atomic E-state index is 6.36. The van der Waals surface area contributed by atoms with Gasteiger partial charge in [0.1, 0.15) is 11.2 Å². The van der Waals surface area contributed by atoms with Crippen molar-refractivity contribution in [1.82, 2.24) is 19.5 Å². The first-order valence-corrected chi connectivity index (χ1v) is 18.7. The number of furan rings is 1. The minimum absolute atomic E-state index is 0.621. The third-order valence-corrected chi connectivity index (χ3v) is 10.4. The normalized spacial score (nSPS) is 11.6. The molecule has 0 atom stereocenters. The first-order chi connectivity index (χ1) is 26.7. The summed E-state index contributed by atoms with van der Waals surface area (Å²) in [5, 5.41) is 4.66. The fourth-order valence-electron chi connectivity index (χ4n) is 7.73. The van der Waals surface area contributed by atoms with Gasteiger partial charge in [-0.3, -0.25) is 0 Å². The number of fused-ring (bicyclic) bond motifs is 6. The van der Waals surface area contributed by atoms with Gasteiger partial charge in [0, 0.05) is 38.2 Å². The van der Waals surface area contributed by atoms with Gasteiger partial charge in [-0.15, -0.1) is 0 Å². The van der Waals surface area contributed by atoms with Crippen LogP contribution in [0.1, 0.15) is 25.3 Å². The number of unbranched alkanes of at least 4 members (excludes halogenated alkanes) is 1. The van der Waals surface area contributed by atoms with Crippen LogP contribution in [0.5, 0.6) is 0 Å². The van der Waals surface area contributed by atoms with E-state index in [1.54, 1.807) is 0 Å². The summed E-state index contributed by atoms with van der Waals surface area (Å²) < 4.78 is 8.72. The molecule has 258 valence electrons. The minimum atomic E-state index is 0.621. The third-order valence-electron chi connectivity index (χ3n) is 10.4. The smallest absolute Gasteiger partial charge is 0.166 e. The maximum Gasteiger partial charge on any atom is 0.166 e. The predicted molar refractivity (Wildman–Crippen MR) is 222 cm³/mol. The highest BCUT2D eigenvalue weighted by molar-refractivity contribution is 6.11. The number of para-hydroxylation sites is 2. The van der Waals surface area contributed by atoms with Crippen molar-refractivity contribution in [1.29, 1.82) is 0 Å². The quantitative estimate of drug-likeness (QED) is 0.159. The van der Waals surface area contributed by atoms with Crippen LogP contribution in [0.2, 0.25) is 0 Å². The van der Waals surface area contributed by atoms with Crippen LogP contribution in [-0.4, -0.2) is 19.5 Å². The topological polar surface area (TPSA) is 56.7 Å². The van der Waals surface area contributed by atoms with Crippen LogP contribution < -0.4 is 0 Å². The van der Waals surface area contributed by atoms with E-state index in [0.717, 1.165) is 72.9 Å². The minimum Gasteiger partial charge on any atom is -0.456 e. The van der Waals surface area contributed by atoms with Gasteiger partial charge in [0.25, 0.3) is 0 Å². The van der Waals surface area contributed by atoms with Crippen LogP contribution in [-0.2, 0) is 6.42 Å². The molecule has 0 bridgehead atoms. The molecule has 10 rings (SSSR count). The summed E-state index contributed by atoms with van der Waals surface area (Å²) in [4.78, 5) is 15.2. The second-order valence-electron chi connectivity index (χ2n) is 13.9. The molecule has 0 saturated heterocycles. The van der Waals surface area contributed by atoms with Gasteiger partial charge in [-0.2, -0.15) is 0 Å². The summed E-state index contributed by atoms with van der Waals surface area (Å²) >= 11 is 0. The fraction of sp³-hybridized carbons (Fsp3) is 0.0816. The molecule has 5 nitrogen and oxygen atoms in total. The van der Waals surface area contributed by atoms with E-state index in [-0.39, 0.29) is 0 Å². The summed E-state index contributed by atoms with van der Waals surface area (Å²) in [6.07, 6.45) is 3.43. The summed E-state index contributed by atoms with van der Waals surface area (Å²) in [5.74, 6) is 1.90. The predicted octanol–water partition coefficient (Wildman–Crippen LogP) is 12.9. The summed E-state index contributed by atoms with van der Waals surface area (Å²) in [7, 11) is 0. The molecule has 3 aromatic heterocycles. The van der Waals surface area contributed by atoms with Crippen molar-refractivity contribution in [3.8, 4) is 51.0 Å². The molecule has 0 aliphatic heterocycles. The van der Waals surface area contributed by atoms with E-state index in [1.807, 2.05) is 60.7 Å². The molecule has 0 spiro atoms. The SMILES string of the molecule is CCCCc1ccc2c(c1)oc1ccc(-c3ccc4c5ccccc5n(-c5ccccc5-c5nc(-c6ccccc6)nc(-c6ccccc6)n5)c4c3)cc12. The lowest BCUT2D eigenvalue weighted by atomic mass is 10.0. The molecule has 7 aromatic carbocycles.